The van der Waals surface area contributed by atoms with E-state index in [1.165, 1.54) is 45.1 Å². The molecule has 100 valence electrons. The van der Waals surface area contributed by atoms with E-state index >= 15 is 0 Å². The normalized spacial score (nSPS) is 34.4. The molecule has 2 aliphatic rings. The van der Waals surface area contributed by atoms with Crippen LogP contribution in [-0.2, 0) is 4.84 Å². The zero-order valence-corrected chi connectivity index (χ0v) is 11.4. The summed E-state index contributed by atoms with van der Waals surface area (Å²) < 4.78 is 0. The molecule has 2 fully saturated rings. The van der Waals surface area contributed by atoms with Crippen LogP contribution in [0.5, 0.6) is 0 Å². The first-order valence-electron chi connectivity index (χ1n) is 7.38. The molecule has 0 radical (unpaired) electrons. The zero-order chi connectivity index (χ0) is 12.1. The van der Waals surface area contributed by atoms with Crippen LogP contribution in [0, 0.1) is 11.8 Å². The van der Waals surface area contributed by atoms with Crippen LogP contribution in [0.3, 0.4) is 0 Å². The molecule has 0 amide bonds. The van der Waals surface area contributed by atoms with Crippen molar-refractivity contribution in [2.75, 3.05) is 13.2 Å². The molecule has 3 nitrogen and oxygen atoms in total. The minimum absolute atomic E-state index is 0.568. The van der Waals surface area contributed by atoms with Gasteiger partial charge in [0.15, 0.2) is 0 Å². The van der Waals surface area contributed by atoms with E-state index in [9.17, 15) is 0 Å². The molecule has 0 bridgehead atoms. The van der Waals surface area contributed by atoms with Gasteiger partial charge in [-0.05, 0) is 44.1 Å². The molecule has 1 saturated carbocycles. The van der Waals surface area contributed by atoms with Crippen LogP contribution in [0.25, 0.3) is 0 Å². The molecule has 1 aliphatic heterocycles. The first kappa shape index (κ1) is 13.3. The maximum atomic E-state index is 5.65. The third-order valence-electron chi connectivity index (χ3n) is 4.09. The summed E-state index contributed by atoms with van der Waals surface area (Å²) in [6, 6.07) is 1.30. The van der Waals surface area contributed by atoms with E-state index in [1.54, 1.807) is 0 Å². The third-order valence-corrected chi connectivity index (χ3v) is 4.09. The Kier molecular flexibility index (Phi) is 5.26. The van der Waals surface area contributed by atoms with Crippen molar-refractivity contribution in [2.24, 2.45) is 11.8 Å². The molecule has 1 saturated heterocycles. The second kappa shape index (κ2) is 6.72. The van der Waals surface area contributed by atoms with Crippen molar-refractivity contribution in [3.63, 3.8) is 0 Å². The van der Waals surface area contributed by atoms with Gasteiger partial charge in [-0.25, -0.2) is 0 Å². The molecular formula is C14H28N2O. The summed E-state index contributed by atoms with van der Waals surface area (Å²) in [4.78, 5) is 5.65. The van der Waals surface area contributed by atoms with E-state index in [-0.39, 0.29) is 0 Å². The van der Waals surface area contributed by atoms with Crippen LogP contribution in [-0.4, -0.2) is 25.2 Å². The Hall–Kier alpha value is -0.120. The van der Waals surface area contributed by atoms with Gasteiger partial charge in [0.25, 0.3) is 0 Å². The number of hydroxylamine groups is 1. The Labute approximate surface area is 106 Å². The van der Waals surface area contributed by atoms with Gasteiger partial charge in [0.05, 0.1) is 6.61 Å². The third kappa shape index (κ3) is 3.94. The molecular weight excluding hydrogens is 212 g/mol. The van der Waals surface area contributed by atoms with E-state index in [0.717, 1.165) is 18.6 Å². The summed E-state index contributed by atoms with van der Waals surface area (Å²) >= 11 is 0. The molecule has 2 rings (SSSR count). The van der Waals surface area contributed by atoms with E-state index in [4.69, 9.17) is 4.84 Å². The Balaban J connectivity index is 1.79. The van der Waals surface area contributed by atoms with E-state index in [2.05, 4.69) is 24.6 Å². The fraction of sp³-hybridized carbons (Fsp3) is 1.00. The van der Waals surface area contributed by atoms with Crippen molar-refractivity contribution in [2.45, 2.75) is 64.5 Å². The molecule has 0 aromatic rings. The highest BCUT2D eigenvalue weighted by atomic mass is 16.6. The van der Waals surface area contributed by atoms with Gasteiger partial charge in [-0.3, -0.25) is 0 Å². The zero-order valence-electron chi connectivity index (χ0n) is 11.4. The molecule has 0 aromatic heterocycles. The van der Waals surface area contributed by atoms with Crippen LogP contribution >= 0.6 is 0 Å². The van der Waals surface area contributed by atoms with Gasteiger partial charge in [0.2, 0.25) is 0 Å². The van der Waals surface area contributed by atoms with Crippen molar-refractivity contribution in [3.05, 3.63) is 0 Å². The van der Waals surface area contributed by atoms with Gasteiger partial charge in [-0.1, -0.05) is 26.7 Å². The SMILES string of the molecule is CC(C)CONC1CCCCC1C1CCCN1. The van der Waals surface area contributed by atoms with Crippen LogP contribution in [0.2, 0.25) is 0 Å². The minimum atomic E-state index is 0.568. The second-order valence-corrected chi connectivity index (χ2v) is 6.08. The quantitative estimate of drug-likeness (QED) is 0.724. The largest absolute Gasteiger partial charge is 0.314 e. The summed E-state index contributed by atoms with van der Waals surface area (Å²) in [5.41, 5.74) is 3.34. The molecule has 0 aromatic carbocycles. The van der Waals surface area contributed by atoms with Crippen molar-refractivity contribution < 1.29 is 4.84 Å². The Morgan fingerprint density at radius 2 is 2.00 bits per heavy atom. The van der Waals surface area contributed by atoms with Crippen LogP contribution in [0.1, 0.15) is 52.4 Å². The lowest BCUT2D eigenvalue weighted by atomic mass is 9.79. The molecule has 1 aliphatic carbocycles. The average Bonchev–Trinajstić information content (AvgIpc) is 2.82. The Bertz CT molecular complexity index is 214. The summed E-state index contributed by atoms with van der Waals surface area (Å²) in [5.74, 6) is 1.38. The van der Waals surface area contributed by atoms with Crippen molar-refractivity contribution >= 4 is 0 Å². The monoisotopic (exact) mass is 240 g/mol. The van der Waals surface area contributed by atoms with E-state index in [1.807, 2.05) is 0 Å². The van der Waals surface area contributed by atoms with Crippen molar-refractivity contribution in [3.8, 4) is 0 Å². The minimum Gasteiger partial charge on any atom is -0.314 e. The number of hydrogen-bond acceptors (Lipinski definition) is 3. The second-order valence-electron chi connectivity index (χ2n) is 6.08. The number of rotatable bonds is 5. The highest BCUT2D eigenvalue weighted by Crippen LogP contribution is 2.30. The number of hydrogen-bond donors (Lipinski definition) is 2. The van der Waals surface area contributed by atoms with Gasteiger partial charge in [0, 0.05) is 12.1 Å². The van der Waals surface area contributed by atoms with E-state index in [0.29, 0.717) is 12.0 Å². The maximum Gasteiger partial charge on any atom is 0.0705 e. The predicted octanol–water partition coefficient (Wildman–Crippen LogP) is 2.47. The van der Waals surface area contributed by atoms with Gasteiger partial charge in [0.1, 0.15) is 0 Å². The molecule has 0 spiro atoms. The Morgan fingerprint density at radius 3 is 2.71 bits per heavy atom. The number of nitrogens with one attached hydrogen (secondary N) is 2. The maximum absolute atomic E-state index is 5.65. The summed E-state index contributed by atoms with van der Waals surface area (Å²) in [7, 11) is 0. The first-order valence-corrected chi connectivity index (χ1v) is 7.38. The van der Waals surface area contributed by atoms with Gasteiger partial charge in [-0.2, -0.15) is 5.48 Å². The molecule has 1 heterocycles. The summed E-state index contributed by atoms with van der Waals surface area (Å²) in [6.45, 7) is 6.42. The van der Waals surface area contributed by atoms with Crippen LogP contribution in [0.15, 0.2) is 0 Å². The predicted molar refractivity (Wildman–Crippen MR) is 70.7 cm³/mol. The Morgan fingerprint density at radius 1 is 1.18 bits per heavy atom. The fourth-order valence-electron chi connectivity index (χ4n) is 3.19. The standard InChI is InChI=1S/C14H28N2O/c1-11(2)10-17-16-14-7-4-3-6-12(14)13-8-5-9-15-13/h11-16H,3-10H2,1-2H3. The highest BCUT2D eigenvalue weighted by Gasteiger charge is 2.33. The van der Waals surface area contributed by atoms with Crippen molar-refractivity contribution in [1.82, 2.24) is 10.8 Å². The molecule has 3 heteroatoms. The van der Waals surface area contributed by atoms with E-state index < -0.39 is 0 Å². The lowest BCUT2D eigenvalue weighted by Crippen LogP contribution is -2.47. The van der Waals surface area contributed by atoms with Gasteiger partial charge in [-0.15, -0.1) is 0 Å². The lowest BCUT2D eigenvalue weighted by molar-refractivity contribution is -0.0257. The molecule has 17 heavy (non-hydrogen) atoms. The fourth-order valence-corrected chi connectivity index (χ4v) is 3.19. The van der Waals surface area contributed by atoms with Crippen molar-refractivity contribution in [1.29, 1.82) is 0 Å². The van der Waals surface area contributed by atoms with Crippen LogP contribution in [0.4, 0.5) is 0 Å². The smallest absolute Gasteiger partial charge is 0.0705 e. The summed E-state index contributed by atoms with van der Waals surface area (Å²) in [5, 5.41) is 3.66. The van der Waals surface area contributed by atoms with Gasteiger partial charge >= 0.3 is 0 Å². The molecule has 3 unspecified atom stereocenters. The van der Waals surface area contributed by atoms with Gasteiger partial charge < -0.3 is 10.2 Å². The summed E-state index contributed by atoms with van der Waals surface area (Å²) in [6.07, 6.45) is 8.09. The molecule has 3 atom stereocenters. The lowest BCUT2D eigenvalue weighted by Gasteiger charge is -2.36. The highest BCUT2D eigenvalue weighted by molar-refractivity contribution is 4.90. The average molecular weight is 240 g/mol. The topological polar surface area (TPSA) is 33.3 Å². The van der Waals surface area contributed by atoms with Crippen LogP contribution < -0.4 is 10.8 Å². The molecule has 2 N–H and O–H groups in total. The first-order chi connectivity index (χ1) is 8.27.